The van der Waals surface area contributed by atoms with Crippen LogP contribution in [0.4, 0.5) is 0 Å². The Labute approximate surface area is 108 Å². The fourth-order valence-corrected chi connectivity index (χ4v) is 3.00. The number of carbonyl (C=O) groups is 2. The van der Waals surface area contributed by atoms with Gasteiger partial charge in [0.05, 0.1) is 0 Å². The Morgan fingerprint density at radius 2 is 2.17 bits per heavy atom. The second kappa shape index (κ2) is 5.26. The van der Waals surface area contributed by atoms with E-state index in [0.717, 1.165) is 32.2 Å². The number of likely N-dealkylation sites (tertiary alicyclic amines) is 1. The van der Waals surface area contributed by atoms with E-state index in [0.29, 0.717) is 19.4 Å². The molecule has 2 atom stereocenters. The summed E-state index contributed by atoms with van der Waals surface area (Å²) in [5.74, 6) is -0.895. The number of nitrogens with one attached hydrogen (secondary N) is 1. The van der Waals surface area contributed by atoms with Crippen LogP contribution in [0.5, 0.6) is 0 Å². The topological polar surface area (TPSA) is 69.6 Å². The molecule has 2 unspecified atom stereocenters. The lowest BCUT2D eigenvalue weighted by atomic mass is 9.88. The molecule has 2 rings (SSSR count). The molecule has 1 amide bonds. The minimum absolute atomic E-state index is 0.0148. The normalized spacial score (nSPS) is 32.5. The van der Waals surface area contributed by atoms with Crippen LogP contribution < -0.4 is 5.32 Å². The van der Waals surface area contributed by atoms with Gasteiger partial charge in [0.25, 0.3) is 0 Å². The molecule has 2 heterocycles. The first-order valence-electron chi connectivity index (χ1n) is 6.81. The SMILES string of the molecule is CC1(C(=O)O)CCCCN1C(=O)CC1CCCN1. The lowest BCUT2D eigenvalue weighted by Gasteiger charge is -2.42. The van der Waals surface area contributed by atoms with Crippen molar-refractivity contribution in [1.82, 2.24) is 10.2 Å². The molecule has 0 aromatic rings. The number of carbonyl (C=O) groups excluding carboxylic acids is 1. The summed E-state index contributed by atoms with van der Waals surface area (Å²) < 4.78 is 0. The van der Waals surface area contributed by atoms with E-state index in [1.54, 1.807) is 11.8 Å². The van der Waals surface area contributed by atoms with Gasteiger partial charge in [-0.1, -0.05) is 0 Å². The van der Waals surface area contributed by atoms with Gasteiger partial charge in [0.2, 0.25) is 5.91 Å². The third kappa shape index (κ3) is 2.51. The minimum atomic E-state index is -1.01. The molecule has 18 heavy (non-hydrogen) atoms. The largest absolute Gasteiger partial charge is 0.480 e. The summed E-state index contributed by atoms with van der Waals surface area (Å²) in [4.78, 5) is 25.3. The highest BCUT2D eigenvalue weighted by Gasteiger charge is 2.44. The van der Waals surface area contributed by atoms with Gasteiger partial charge in [-0.15, -0.1) is 0 Å². The molecule has 0 bridgehead atoms. The molecule has 0 aromatic heterocycles. The zero-order valence-electron chi connectivity index (χ0n) is 10.9. The molecule has 5 heteroatoms. The van der Waals surface area contributed by atoms with Gasteiger partial charge in [-0.05, 0) is 45.6 Å². The van der Waals surface area contributed by atoms with Gasteiger partial charge in [0, 0.05) is 19.0 Å². The summed E-state index contributed by atoms with van der Waals surface area (Å²) in [5, 5.41) is 12.7. The van der Waals surface area contributed by atoms with Crippen LogP contribution in [0.2, 0.25) is 0 Å². The predicted octanol–water partition coefficient (Wildman–Crippen LogP) is 0.984. The number of hydrogen-bond donors (Lipinski definition) is 2. The summed E-state index contributed by atoms with van der Waals surface area (Å²) in [6.07, 6.45) is 4.91. The zero-order valence-corrected chi connectivity index (χ0v) is 10.9. The summed E-state index contributed by atoms with van der Waals surface area (Å²) in [5.41, 5.74) is -1.01. The van der Waals surface area contributed by atoms with Crippen molar-refractivity contribution in [3.63, 3.8) is 0 Å². The highest BCUT2D eigenvalue weighted by molar-refractivity contribution is 5.87. The molecular weight excluding hydrogens is 232 g/mol. The maximum atomic E-state index is 12.3. The zero-order chi connectivity index (χ0) is 13.2. The van der Waals surface area contributed by atoms with Crippen molar-refractivity contribution in [2.45, 2.75) is 57.0 Å². The maximum absolute atomic E-state index is 12.3. The number of hydrogen-bond acceptors (Lipinski definition) is 3. The molecule has 0 radical (unpaired) electrons. The van der Waals surface area contributed by atoms with Crippen molar-refractivity contribution < 1.29 is 14.7 Å². The first kappa shape index (κ1) is 13.3. The van der Waals surface area contributed by atoms with E-state index in [-0.39, 0.29) is 11.9 Å². The van der Waals surface area contributed by atoms with Crippen molar-refractivity contribution >= 4 is 11.9 Å². The van der Waals surface area contributed by atoms with Gasteiger partial charge < -0.3 is 15.3 Å². The number of nitrogens with zero attached hydrogens (tertiary/aromatic N) is 1. The molecule has 2 aliphatic heterocycles. The van der Waals surface area contributed by atoms with Crippen LogP contribution in [0.15, 0.2) is 0 Å². The van der Waals surface area contributed by atoms with Crippen molar-refractivity contribution in [3.8, 4) is 0 Å². The second-order valence-electron chi connectivity index (χ2n) is 5.58. The molecule has 0 aromatic carbocycles. The Morgan fingerprint density at radius 3 is 2.78 bits per heavy atom. The second-order valence-corrected chi connectivity index (χ2v) is 5.58. The first-order valence-corrected chi connectivity index (χ1v) is 6.81. The Bertz CT molecular complexity index is 339. The average molecular weight is 254 g/mol. The number of aliphatic carboxylic acids is 1. The highest BCUT2D eigenvalue weighted by Crippen LogP contribution is 2.29. The molecule has 2 fully saturated rings. The number of piperidine rings is 1. The summed E-state index contributed by atoms with van der Waals surface area (Å²) in [6.45, 7) is 3.22. The molecule has 102 valence electrons. The van der Waals surface area contributed by atoms with E-state index in [1.807, 2.05) is 0 Å². The van der Waals surface area contributed by atoms with Gasteiger partial charge in [-0.3, -0.25) is 4.79 Å². The summed E-state index contributed by atoms with van der Waals surface area (Å²) in [6, 6.07) is 0.234. The van der Waals surface area contributed by atoms with Crippen LogP contribution in [0, 0.1) is 0 Å². The summed E-state index contributed by atoms with van der Waals surface area (Å²) >= 11 is 0. The number of carboxylic acids is 1. The third-order valence-electron chi connectivity index (χ3n) is 4.24. The lowest BCUT2D eigenvalue weighted by Crippen LogP contribution is -2.58. The van der Waals surface area contributed by atoms with Crippen LogP contribution in [-0.4, -0.2) is 46.6 Å². The van der Waals surface area contributed by atoms with Crippen molar-refractivity contribution in [1.29, 1.82) is 0 Å². The fourth-order valence-electron chi connectivity index (χ4n) is 3.00. The van der Waals surface area contributed by atoms with Crippen molar-refractivity contribution in [3.05, 3.63) is 0 Å². The number of amides is 1. The molecule has 2 N–H and O–H groups in total. The van der Waals surface area contributed by atoms with Gasteiger partial charge in [-0.25, -0.2) is 4.79 Å². The van der Waals surface area contributed by atoms with Crippen LogP contribution in [0.25, 0.3) is 0 Å². The predicted molar refractivity (Wildman–Crippen MR) is 67.2 cm³/mol. The van der Waals surface area contributed by atoms with E-state index >= 15 is 0 Å². The van der Waals surface area contributed by atoms with Crippen molar-refractivity contribution in [2.75, 3.05) is 13.1 Å². The maximum Gasteiger partial charge on any atom is 0.329 e. The summed E-state index contributed by atoms with van der Waals surface area (Å²) in [7, 11) is 0. The van der Waals surface area contributed by atoms with Gasteiger partial charge in [0.15, 0.2) is 0 Å². The molecule has 0 spiro atoms. The van der Waals surface area contributed by atoms with Gasteiger partial charge >= 0.3 is 5.97 Å². The van der Waals surface area contributed by atoms with Crippen LogP contribution in [0.3, 0.4) is 0 Å². The monoisotopic (exact) mass is 254 g/mol. The van der Waals surface area contributed by atoms with Crippen LogP contribution in [-0.2, 0) is 9.59 Å². The van der Waals surface area contributed by atoms with E-state index < -0.39 is 11.5 Å². The molecule has 2 saturated heterocycles. The fraction of sp³-hybridized carbons (Fsp3) is 0.846. The van der Waals surface area contributed by atoms with Crippen LogP contribution in [0.1, 0.15) is 45.4 Å². The van der Waals surface area contributed by atoms with E-state index in [2.05, 4.69) is 5.32 Å². The Hall–Kier alpha value is -1.10. The average Bonchev–Trinajstić information content (AvgIpc) is 2.82. The smallest absolute Gasteiger partial charge is 0.329 e. The number of carboxylic acid groups (broad SMARTS) is 1. The molecule has 0 saturated carbocycles. The van der Waals surface area contributed by atoms with E-state index in [9.17, 15) is 14.7 Å². The Kier molecular flexibility index (Phi) is 3.90. The van der Waals surface area contributed by atoms with Crippen molar-refractivity contribution in [2.24, 2.45) is 0 Å². The Balaban J connectivity index is 2.03. The Morgan fingerprint density at radius 1 is 1.39 bits per heavy atom. The van der Waals surface area contributed by atoms with Gasteiger partial charge in [-0.2, -0.15) is 0 Å². The molecule has 5 nitrogen and oxygen atoms in total. The minimum Gasteiger partial charge on any atom is -0.480 e. The highest BCUT2D eigenvalue weighted by atomic mass is 16.4. The van der Waals surface area contributed by atoms with Crippen LogP contribution >= 0.6 is 0 Å². The molecule has 2 aliphatic rings. The first-order chi connectivity index (χ1) is 8.54. The standard InChI is InChI=1S/C13H22N2O3/c1-13(12(17)18)6-2-3-8-15(13)11(16)9-10-5-4-7-14-10/h10,14H,2-9H2,1H3,(H,17,18). The van der Waals surface area contributed by atoms with Gasteiger partial charge in [0.1, 0.15) is 5.54 Å². The number of rotatable bonds is 3. The third-order valence-corrected chi connectivity index (χ3v) is 4.24. The van der Waals surface area contributed by atoms with E-state index in [1.165, 1.54) is 0 Å². The quantitative estimate of drug-likeness (QED) is 0.788. The lowest BCUT2D eigenvalue weighted by molar-refractivity contribution is -0.161. The molecular formula is C13H22N2O3. The van der Waals surface area contributed by atoms with E-state index in [4.69, 9.17) is 0 Å². The molecule has 0 aliphatic carbocycles.